The molecule has 0 amide bonds. The van der Waals surface area contributed by atoms with Gasteiger partial charge in [0.05, 0.1) is 0 Å². The van der Waals surface area contributed by atoms with Gasteiger partial charge in [-0.05, 0) is 36.9 Å². The molecule has 2 rings (SSSR count). The van der Waals surface area contributed by atoms with Crippen molar-refractivity contribution in [3.8, 4) is 0 Å². The van der Waals surface area contributed by atoms with Gasteiger partial charge in [-0.15, -0.1) is 11.3 Å². The van der Waals surface area contributed by atoms with Crippen molar-refractivity contribution in [2.45, 2.75) is 58.5 Å². The van der Waals surface area contributed by atoms with Crippen LogP contribution in [-0.2, 0) is 12.0 Å². The van der Waals surface area contributed by atoms with Crippen molar-refractivity contribution in [1.82, 2.24) is 10.2 Å². The molecule has 1 aliphatic carbocycles. The fourth-order valence-electron chi connectivity index (χ4n) is 2.35. The van der Waals surface area contributed by atoms with Gasteiger partial charge in [0.2, 0.25) is 0 Å². The lowest BCUT2D eigenvalue weighted by Crippen LogP contribution is -2.33. The van der Waals surface area contributed by atoms with Crippen LogP contribution in [0.5, 0.6) is 0 Å². The quantitative estimate of drug-likeness (QED) is 0.767. The van der Waals surface area contributed by atoms with Crippen LogP contribution in [0.25, 0.3) is 0 Å². The predicted octanol–water partition coefficient (Wildman–Crippen LogP) is 3.62. The standard InChI is InChI=1S/C16H28N2S/c1-5-18(13-6-7-13)11-10-17-12-14-8-9-15(19-14)16(2,3)4/h8-9,13,17H,5-7,10-12H2,1-4H3. The monoisotopic (exact) mass is 280 g/mol. The van der Waals surface area contributed by atoms with E-state index in [9.17, 15) is 0 Å². The normalized spacial score (nSPS) is 16.3. The molecule has 0 unspecified atom stereocenters. The van der Waals surface area contributed by atoms with E-state index in [2.05, 4.69) is 50.0 Å². The van der Waals surface area contributed by atoms with Gasteiger partial charge in [0.25, 0.3) is 0 Å². The minimum atomic E-state index is 0.286. The molecule has 0 bridgehead atoms. The van der Waals surface area contributed by atoms with Crippen molar-refractivity contribution >= 4 is 11.3 Å². The van der Waals surface area contributed by atoms with Gasteiger partial charge in [-0.1, -0.05) is 27.7 Å². The zero-order valence-corrected chi connectivity index (χ0v) is 13.6. The molecule has 1 saturated carbocycles. The van der Waals surface area contributed by atoms with Crippen LogP contribution in [0, 0.1) is 0 Å². The summed E-state index contributed by atoms with van der Waals surface area (Å²) >= 11 is 1.95. The van der Waals surface area contributed by atoms with Gasteiger partial charge in [-0.2, -0.15) is 0 Å². The third kappa shape index (κ3) is 4.59. The maximum atomic E-state index is 3.58. The molecule has 0 spiro atoms. The maximum Gasteiger partial charge on any atom is 0.0300 e. The summed E-state index contributed by atoms with van der Waals surface area (Å²) in [6.07, 6.45) is 2.82. The Balaban J connectivity index is 1.69. The first kappa shape index (κ1) is 15.0. The minimum absolute atomic E-state index is 0.286. The van der Waals surface area contributed by atoms with Crippen LogP contribution in [0.2, 0.25) is 0 Å². The number of rotatable bonds is 7. The third-order valence-corrected chi connectivity index (χ3v) is 5.26. The molecular weight excluding hydrogens is 252 g/mol. The second kappa shape index (κ2) is 6.38. The summed E-state index contributed by atoms with van der Waals surface area (Å²) in [6, 6.07) is 5.45. The average Bonchev–Trinajstić information content (AvgIpc) is 3.05. The highest BCUT2D eigenvalue weighted by molar-refractivity contribution is 7.12. The van der Waals surface area contributed by atoms with E-state index < -0.39 is 0 Å². The summed E-state index contributed by atoms with van der Waals surface area (Å²) in [4.78, 5) is 5.54. The molecule has 1 heterocycles. The first-order chi connectivity index (χ1) is 9.00. The molecule has 1 aliphatic rings. The Morgan fingerprint density at radius 3 is 2.58 bits per heavy atom. The lowest BCUT2D eigenvalue weighted by molar-refractivity contribution is 0.277. The average molecular weight is 280 g/mol. The molecule has 0 aliphatic heterocycles. The Morgan fingerprint density at radius 2 is 2.05 bits per heavy atom. The predicted molar refractivity (Wildman–Crippen MR) is 85.0 cm³/mol. The summed E-state index contributed by atoms with van der Waals surface area (Å²) in [6.45, 7) is 13.6. The summed E-state index contributed by atoms with van der Waals surface area (Å²) in [5, 5.41) is 3.58. The Morgan fingerprint density at radius 1 is 1.32 bits per heavy atom. The molecule has 0 radical (unpaired) electrons. The summed E-state index contributed by atoms with van der Waals surface area (Å²) in [5.41, 5.74) is 0.286. The Hall–Kier alpha value is -0.380. The van der Waals surface area contributed by atoms with Gasteiger partial charge in [-0.25, -0.2) is 0 Å². The SMILES string of the molecule is CCN(CCNCc1ccc(C(C)(C)C)s1)C1CC1. The molecule has 0 atom stereocenters. The molecular formula is C16H28N2S. The van der Waals surface area contributed by atoms with Gasteiger partial charge in [0.15, 0.2) is 0 Å². The summed E-state index contributed by atoms with van der Waals surface area (Å²) in [5.74, 6) is 0. The molecule has 1 aromatic rings. The number of hydrogen-bond donors (Lipinski definition) is 1. The lowest BCUT2D eigenvalue weighted by atomic mass is 9.95. The van der Waals surface area contributed by atoms with Crippen LogP contribution in [0.15, 0.2) is 12.1 Å². The number of nitrogens with zero attached hydrogens (tertiary/aromatic N) is 1. The fraction of sp³-hybridized carbons (Fsp3) is 0.750. The van der Waals surface area contributed by atoms with Gasteiger partial charge < -0.3 is 5.32 Å². The molecule has 2 nitrogen and oxygen atoms in total. The molecule has 19 heavy (non-hydrogen) atoms. The number of thiophene rings is 1. The third-order valence-electron chi connectivity index (χ3n) is 3.75. The van der Waals surface area contributed by atoms with Gasteiger partial charge in [-0.3, -0.25) is 4.90 Å². The Bertz CT molecular complexity index is 388. The van der Waals surface area contributed by atoms with Crippen molar-refractivity contribution < 1.29 is 0 Å². The van der Waals surface area contributed by atoms with Crippen LogP contribution < -0.4 is 5.32 Å². The topological polar surface area (TPSA) is 15.3 Å². The van der Waals surface area contributed by atoms with E-state index in [-0.39, 0.29) is 5.41 Å². The number of hydrogen-bond acceptors (Lipinski definition) is 3. The van der Waals surface area contributed by atoms with E-state index in [0.717, 1.165) is 19.1 Å². The summed E-state index contributed by atoms with van der Waals surface area (Å²) < 4.78 is 0. The molecule has 108 valence electrons. The molecule has 0 aromatic carbocycles. The van der Waals surface area contributed by atoms with Crippen molar-refractivity contribution in [2.75, 3.05) is 19.6 Å². The van der Waals surface area contributed by atoms with E-state index >= 15 is 0 Å². The zero-order chi connectivity index (χ0) is 13.9. The van der Waals surface area contributed by atoms with Crippen molar-refractivity contribution in [3.05, 3.63) is 21.9 Å². The molecule has 0 saturated heterocycles. The number of nitrogens with one attached hydrogen (secondary N) is 1. The second-order valence-electron chi connectivity index (χ2n) is 6.55. The van der Waals surface area contributed by atoms with Crippen molar-refractivity contribution in [3.63, 3.8) is 0 Å². The van der Waals surface area contributed by atoms with E-state index in [1.807, 2.05) is 11.3 Å². The number of likely N-dealkylation sites (N-methyl/N-ethyl adjacent to an activating group) is 1. The van der Waals surface area contributed by atoms with Gasteiger partial charge >= 0.3 is 0 Å². The van der Waals surface area contributed by atoms with Crippen LogP contribution >= 0.6 is 11.3 Å². The van der Waals surface area contributed by atoms with Crippen LogP contribution in [0.1, 0.15) is 50.3 Å². The van der Waals surface area contributed by atoms with Gasteiger partial charge in [0.1, 0.15) is 0 Å². The van der Waals surface area contributed by atoms with E-state index in [4.69, 9.17) is 0 Å². The van der Waals surface area contributed by atoms with Gasteiger partial charge in [0, 0.05) is 35.4 Å². The highest BCUT2D eigenvalue weighted by atomic mass is 32.1. The van der Waals surface area contributed by atoms with Crippen LogP contribution in [-0.4, -0.2) is 30.6 Å². The molecule has 3 heteroatoms. The largest absolute Gasteiger partial charge is 0.311 e. The van der Waals surface area contributed by atoms with Crippen LogP contribution in [0.4, 0.5) is 0 Å². The highest BCUT2D eigenvalue weighted by Crippen LogP contribution is 2.29. The maximum absolute atomic E-state index is 3.58. The Labute approximate surface area is 122 Å². The van der Waals surface area contributed by atoms with E-state index in [1.165, 1.54) is 35.7 Å². The first-order valence-corrected chi connectivity index (χ1v) is 8.36. The lowest BCUT2D eigenvalue weighted by Gasteiger charge is -2.19. The van der Waals surface area contributed by atoms with E-state index in [1.54, 1.807) is 0 Å². The second-order valence-corrected chi connectivity index (χ2v) is 7.72. The first-order valence-electron chi connectivity index (χ1n) is 7.54. The summed E-state index contributed by atoms with van der Waals surface area (Å²) in [7, 11) is 0. The molecule has 1 N–H and O–H groups in total. The minimum Gasteiger partial charge on any atom is -0.311 e. The fourth-order valence-corrected chi connectivity index (χ4v) is 3.38. The van der Waals surface area contributed by atoms with E-state index in [0.29, 0.717) is 0 Å². The van der Waals surface area contributed by atoms with Crippen molar-refractivity contribution in [1.29, 1.82) is 0 Å². The Kier molecular flexibility index (Phi) is 5.04. The van der Waals surface area contributed by atoms with Crippen molar-refractivity contribution in [2.24, 2.45) is 0 Å². The van der Waals surface area contributed by atoms with Crippen LogP contribution in [0.3, 0.4) is 0 Å². The highest BCUT2D eigenvalue weighted by Gasteiger charge is 2.27. The molecule has 1 fully saturated rings. The zero-order valence-electron chi connectivity index (χ0n) is 12.8. The smallest absolute Gasteiger partial charge is 0.0300 e. The molecule has 1 aromatic heterocycles.